The molecule has 0 saturated carbocycles. The Labute approximate surface area is 118 Å². The van der Waals surface area contributed by atoms with Crippen molar-refractivity contribution in [3.8, 4) is 0 Å². The smallest absolute Gasteiger partial charge is 0.0205 e. The Morgan fingerprint density at radius 2 is 1.68 bits per heavy atom. The molecule has 1 fully saturated rings. The van der Waals surface area contributed by atoms with Gasteiger partial charge in [-0.25, -0.2) is 0 Å². The second-order valence-electron chi connectivity index (χ2n) is 5.93. The first-order valence-corrected chi connectivity index (χ1v) is 7.74. The van der Waals surface area contributed by atoms with Gasteiger partial charge < -0.3 is 10.2 Å². The van der Waals surface area contributed by atoms with Crippen molar-refractivity contribution in [2.24, 2.45) is 0 Å². The Kier molecular flexibility index (Phi) is 5.87. The lowest BCUT2D eigenvalue weighted by Gasteiger charge is -2.26. The highest BCUT2D eigenvalue weighted by Crippen LogP contribution is 2.09. The van der Waals surface area contributed by atoms with Gasteiger partial charge in [0.2, 0.25) is 0 Å². The monoisotopic (exact) mass is 260 g/mol. The molecule has 1 aliphatic heterocycles. The number of piperidine rings is 1. The molecule has 1 saturated heterocycles. The summed E-state index contributed by atoms with van der Waals surface area (Å²) in [7, 11) is 0. The largest absolute Gasteiger partial charge is 0.313 e. The summed E-state index contributed by atoms with van der Waals surface area (Å²) in [5, 5.41) is 3.57. The Morgan fingerprint density at radius 1 is 1.00 bits per heavy atom. The normalized spacial score (nSPS) is 16.7. The molecule has 2 rings (SSSR count). The molecular formula is C17H28N2. The van der Waals surface area contributed by atoms with E-state index in [2.05, 4.69) is 42.3 Å². The van der Waals surface area contributed by atoms with Crippen molar-refractivity contribution in [2.45, 2.75) is 46.1 Å². The number of likely N-dealkylation sites (tertiary alicyclic amines) is 1. The number of nitrogens with zero attached hydrogens (tertiary/aromatic N) is 1. The Hall–Kier alpha value is -0.860. The maximum atomic E-state index is 3.57. The van der Waals surface area contributed by atoms with Crippen LogP contribution in [0.15, 0.2) is 18.2 Å². The maximum absolute atomic E-state index is 3.57. The molecule has 0 unspecified atom stereocenters. The van der Waals surface area contributed by atoms with Crippen molar-refractivity contribution in [3.05, 3.63) is 34.9 Å². The zero-order valence-electron chi connectivity index (χ0n) is 12.5. The molecular weight excluding hydrogens is 232 g/mol. The van der Waals surface area contributed by atoms with Gasteiger partial charge in [0.05, 0.1) is 0 Å². The SMILES string of the molecule is Cc1cc(C)cc(CNCCCN2CCCCC2)c1. The quantitative estimate of drug-likeness (QED) is 0.790. The zero-order valence-corrected chi connectivity index (χ0v) is 12.5. The van der Waals surface area contributed by atoms with Crippen LogP contribution in [0.2, 0.25) is 0 Å². The molecule has 1 N–H and O–H groups in total. The van der Waals surface area contributed by atoms with Crippen LogP contribution < -0.4 is 5.32 Å². The van der Waals surface area contributed by atoms with Crippen LogP contribution in [0.1, 0.15) is 42.4 Å². The molecule has 1 aromatic rings. The average Bonchev–Trinajstić information content (AvgIpc) is 2.38. The summed E-state index contributed by atoms with van der Waals surface area (Å²) in [4.78, 5) is 2.61. The van der Waals surface area contributed by atoms with Gasteiger partial charge >= 0.3 is 0 Å². The fourth-order valence-electron chi connectivity index (χ4n) is 3.01. The number of rotatable bonds is 6. The number of hydrogen-bond acceptors (Lipinski definition) is 2. The predicted molar refractivity (Wildman–Crippen MR) is 82.5 cm³/mol. The lowest BCUT2D eigenvalue weighted by molar-refractivity contribution is 0.225. The molecule has 0 bridgehead atoms. The van der Waals surface area contributed by atoms with E-state index in [1.165, 1.54) is 62.0 Å². The number of aryl methyl sites for hydroxylation is 2. The summed E-state index contributed by atoms with van der Waals surface area (Å²) in [6.07, 6.45) is 5.50. The minimum Gasteiger partial charge on any atom is -0.313 e. The van der Waals surface area contributed by atoms with E-state index < -0.39 is 0 Å². The van der Waals surface area contributed by atoms with Crippen LogP contribution >= 0.6 is 0 Å². The second kappa shape index (κ2) is 7.66. The van der Waals surface area contributed by atoms with E-state index in [-0.39, 0.29) is 0 Å². The summed E-state index contributed by atoms with van der Waals surface area (Å²) in [5.74, 6) is 0. The molecule has 0 aromatic heterocycles. The Balaban J connectivity index is 1.60. The fourth-order valence-corrected chi connectivity index (χ4v) is 3.01. The number of benzene rings is 1. The van der Waals surface area contributed by atoms with Gasteiger partial charge in [-0.15, -0.1) is 0 Å². The van der Waals surface area contributed by atoms with Crippen molar-refractivity contribution >= 4 is 0 Å². The fraction of sp³-hybridized carbons (Fsp3) is 0.647. The van der Waals surface area contributed by atoms with Crippen LogP contribution in [0, 0.1) is 13.8 Å². The molecule has 1 heterocycles. The van der Waals surface area contributed by atoms with Crippen LogP contribution in [-0.4, -0.2) is 31.1 Å². The van der Waals surface area contributed by atoms with E-state index in [4.69, 9.17) is 0 Å². The molecule has 0 radical (unpaired) electrons. The first kappa shape index (κ1) is 14.5. The first-order valence-electron chi connectivity index (χ1n) is 7.74. The van der Waals surface area contributed by atoms with Gasteiger partial charge in [-0.3, -0.25) is 0 Å². The van der Waals surface area contributed by atoms with Crippen molar-refractivity contribution in [1.82, 2.24) is 10.2 Å². The zero-order chi connectivity index (χ0) is 13.5. The van der Waals surface area contributed by atoms with E-state index in [0.717, 1.165) is 13.1 Å². The molecule has 1 aromatic carbocycles. The lowest BCUT2D eigenvalue weighted by atomic mass is 10.1. The highest BCUT2D eigenvalue weighted by Gasteiger charge is 2.08. The number of hydrogen-bond donors (Lipinski definition) is 1. The van der Waals surface area contributed by atoms with Gasteiger partial charge in [0.25, 0.3) is 0 Å². The van der Waals surface area contributed by atoms with Gasteiger partial charge in [-0.05, 0) is 64.9 Å². The second-order valence-corrected chi connectivity index (χ2v) is 5.93. The highest BCUT2D eigenvalue weighted by molar-refractivity contribution is 5.28. The summed E-state index contributed by atoms with van der Waals surface area (Å²) in [6, 6.07) is 6.80. The van der Waals surface area contributed by atoms with Gasteiger partial charge in [0, 0.05) is 6.54 Å². The molecule has 19 heavy (non-hydrogen) atoms. The van der Waals surface area contributed by atoms with Gasteiger partial charge in [0.1, 0.15) is 0 Å². The first-order chi connectivity index (χ1) is 9.24. The van der Waals surface area contributed by atoms with Crippen LogP contribution in [0.3, 0.4) is 0 Å². The third-order valence-corrected chi connectivity index (χ3v) is 3.89. The molecule has 0 spiro atoms. The molecule has 1 aliphatic rings. The summed E-state index contributed by atoms with van der Waals surface area (Å²) < 4.78 is 0. The Bertz CT molecular complexity index is 361. The van der Waals surface area contributed by atoms with Gasteiger partial charge in [-0.1, -0.05) is 35.7 Å². The van der Waals surface area contributed by atoms with Crippen molar-refractivity contribution in [2.75, 3.05) is 26.2 Å². The summed E-state index contributed by atoms with van der Waals surface area (Å²) >= 11 is 0. The highest BCUT2D eigenvalue weighted by atomic mass is 15.1. The van der Waals surface area contributed by atoms with Crippen LogP contribution in [-0.2, 0) is 6.54 Å². The molecule has 2 heteroatoms. The summed E-state index contributed by atoms with van der Waals surface area (Å²) in [5.41, 5.74) is 4.14. The van der Waals surface area contributed by atoms with E-state index in [9.17, 15) is 0 Å². The topological polar surface area (TPSA) is 15.3 Å². The van der Waals surface area contributed by atoms with Crippen LogP contribution in [0.4, 0.5) is 0 Å². The molecule has 0 amide bonds. The van der Waals surface area contributed by atoms with Crippen LogP contribution in [0.25, 0.3) is 0 Å². The maximum Gasteiger partial charge on any atom is 0.0205 e. The molecule has 0 aliphatic carbocycles. The summed E-state index contributed by atoms with van der Waals surface area (Å²) in [6.45, 7) is 10.4. The van der Waals surface area contributed by atoms with E-state index in [0.29, 0.717) is 0 Å². The van der Waals surface area contributed by atoms with Gasteiger partial charge in [0.15, 0.2) is 0 Å². The predicted octanol–water partition coefficient (Wildman–Crippen LogP) is 3.27. The molecule has 0 atom stereocenters. The minimum atomic E-state index is 1.00. The average molecular weight is 260 g/mol. The van der Waals surface area contributed by atoms with Crippen molar-refractivity contribution < 1.29 is 0 Å². The molecule has 2 nitrogen and oxygen atoms in total. The van der Waals surface area contributed by atoms with E-state index in [1.807, 2.05) is 0 Å². The van der Waals surface area contributed by atoms with Crippen molar-refractivity contribution in [3.63, 3.8) is 0 Å². The minimum absolute atomic E-state index is 1.00. The van der Waals surface area contributed by atoms with E-state index >= 15 is 0 Å². The Morgan fingerprint density at radius 3 is 2.37 bits per heavy atom. The molecule has 106 valence electrons. The van der Waals surface area contributed by atoms with Gasteiger partial charge in [-0.2, -0.15) is 0 Å². The standard InChI is InChI=1S/C17H28N2/c1-15-11-16(2)13-17(12-15)14-18-7-6-10-19-8-4-3-5-9-19/h11-13,18H,3-10,14H2,1-2H3. The third-order valence-electron chi connectivity index (χ3n) is 3.89. The number of nitrogens with one attached hydrogen (secondary N) is 1. The third kappa shape index (κ3) is 5.33. The van der Waals surface area contributed by atoms with Crippen LogP contribution in [0.5, 0.6) is 0 Å². The lowest BCUT2D eigenvalue weighted by Crippen LogP contribution is -2.32. The van der Waals surface area contributed by atoms with E-state index in [1.54, 1.807) is 0 Å². The van der Waals surface area contributed by atoms with Crippen molar-refractivity contribution in [1.29, 1.82) is 0 Å².